The maximum Gasteiger partial charge on any atom is 0.356 e. The first-order valence-corrected chi connectivity index (χ1v) is 9.14. The molecule has 27 heavy (non-hydrogen) atoms. The second kappa shape index (κ2) is 8.06. The molecular formula is C19H25FN3O4+. The molecule has 7 nitrogen and oxygen atoms in total. The van der Waals surface area contributed by atoms with Gasteiger partial charge in [-0.3, -0.25) is 4.79 Å². The number of carbonyl (C=O) groups excluding carboxylic acids is 2. The van der Waals surface area contributed by atoms with E-state index in [9.17, 15) is 14.0 Å². The highest BCUT2D eigenvalue weighted by molar-refractivity contribution is 6.11. The van der Waals surface area contributed by atoms with E-state index in [2.05, 4.69) is 10.3 Å². The van der Waals surface area contributed by atoms with Gasteiger partial charge in [-0.2, -0.15) is 0 Å². The lowest BCUT2D eigenvalue weighted by atomic mass is 10.2. The van der Waals surface area contributed by atoms with Crippen LogP contribution in [0.25, 0.3) is 10.9 Å². The zero-order chi connectivity index (χ0) is 19.6. The molecule has 1 aliphatic heterocycles. The molecule has 3 N–H and O–H groups in total. The SMILES string of the molecule is CCOC(=O)c1[nH]c2ccc(F)cc2c1NC(=O)C[NH+]1C[C@@H](C)O[C@@H](C)C1. The summed E-state index contributed by atoms with van der Waals surface area (Å²) < 4.78 is 24.5. The number of anilines is 1. The summed E-state index contributed by atoms with van der Waals surface area (Å²) >= 11 is 0. The van der Waals surface area contributed by atoms with Crippen LogP contribution in [0.5, 0.6) is 0 Å². The lowest BCUT2D eigenvalue weighted by Gasteiger charge is -2.31. The lowest BCUT2D eigenvalue weighted by Crippen LogP contribution is -3.16. The molecule has 8 heteroatoms. The van der Waals surface area contributed by atoms with Crippen molar-refractivity contribution in [1.82, 2.24) is 4.98 Å². The molecule has 0 aliphatic carbocycles. The van der Waals surface area contributed by atoms with Crippen molar-refractivity contribution in [1.29, 1.82) is 0 Å². The number of hydrogen-bond acceptors (Lipinski definition) is 4. The zero-order valence-corrected chi connectivity index (χ0v) is 15.7. The molecule has 0 saturated carbocycles. The van der Waals surface area contributed by atoms with Gasteiger partial charge in [0.15, 0.2) is 6.54 Å². The van der Waals surface area contributed by atoms with Crippen molar-refractivity contribution in [2.45, 2.75) is 33.0 Å². The number of quaternary nitrogens is 1. The van der Waals surface area contributed by atoms with Crippen LogP contribution in [0.15, 0.2) is 18.2 Å². The van der Waals surface area contributed by atoms with Gasteiger partial charge in [0.2, 0.25) is 0 Å². The van der Waals surface area contributed by atoms with Crippen molar-refractivity contribution in [2.24, 2.45) is 0 Å². The Balaban J connectivity index is 1.83. The normalized spacial score (nSPS) is 22.6. The number of esters is 1. The number of fused-ring (bicyclic) bond motifs is 1. The maximum absolute atomic E-state index is 13.7. The van der Waals surface area contributed by atoms with Crippen LogP contribution in [-0.2, 0) is 14.3 Å². The third-order valence-electron chi connectivity index (χ3n) is 4.53. The van der Waals surface area contributed by atoms with Crippen LogP contribution in [0.3, 0.4) is 0 Å². The Morgan fingerprint density at radius 3 is 2.70 bits per heavy atom. The summed E-state index contributed by atoms with van der Waals surface area (Å²) in [5.41, 5.74) is 0.918. The third kappa shape index (κ3) is 4.45. The summed E-state index contributed by atoms with van der Waals surface area (Å²) in [4.78, 5) is 28.9. The number of nitrogens with one attached hydrogen (secondary N) is 3. The Labute approximate surface area is 156 Å². The molecule has 1 saturated heterocycles. The van der Waals surface area contributed by atoms with E-state index in [4.69, 9.17) is 9.47 Å². The molecule has 0 bridgehead atoms. The molecule has 1 fully saturated rings. The number of H-pyrrole nitrogens is 1. The summed E-state index contributed by atoms with van der Waals surface area (Å²) in [6.07, 6.45) is 0.155. The molecule has 0 spiro atoms. The molecule has 2 aromatic rings. The molecule has 3 atom stereocenters. The summed E-state index contributed by atoms with van der Waals surface area (Å²) in [5.74, 6) is -1.29. The highest BCUT2D eigenvalue weighted by atomic mass is 19.1. The first-order valence-electron chi connectivity index (χ1n) is 9.14. The maximum atomic E-state index is 13.7. The molecule has 0 radical (unpaired) electrons. The minimum absolute atomic E-state index is 0.0776. The molecule has 1 aliphatic rings. The summed E-state index contributed by atoms with van der Waals surface area (Å²) in [5, 5.41) is 3.21. The van der Waals surface area contributed by atoms with Gasteiger partial charge < -0.3 is 24.7 Å². The number of rotatable bonds is 5. The number of benzene rings is 1. The fourth-order valence-corrected chi connectivity index (χ4v) is 3.59. The fraction of sp³-hybridized carbons (Fsp3) is 0.474. The van der Waals surface area contributed by atoms with Crippen molar-refractivity contribution >= 4 is 28.5 Å². The number of ether oxygens (including phenoxy) is 2. The summed E-state index contributed by atoms with van der Waals surface area (Å²) in [7, 11) is 0. The molecule has 146 valence electrons. The number of hydrogen-bond donors (Lipinski definition) is 3. The number of carbonyl (C=O) groups is 2. The largest absolute Gasteiger partial charge is 0.461 e. The monoisotopic (exact) mass is 378 g/mol. The number of aromatic nitrogens is 1. The van der Waals surface area contributed by atoms with Gasteiger partial charge in [0.05, 0.1) is 12.3 Å². The average molecular weight is 378 g/mol. The first kappa shape index (κ1) is 19.3. The van der Waals surface area contributed by atoms with Gasteiger partial charge in [-0.15, -0.1) is 0 Å². The van der Waals surface area contributed by atoms with Crippen molar-refractivity contribution in [2.75, 3.05) is 31.6 Å². The predicted octanol–water partition coefficient (Wildman–Crippen LogP) is 1.11. The minimum atomic E-state index is -0.592. The van der Waals surface area contributed by atoms with E-state index >= 15 is 0 Å². The van der Waals surface area contributed by atoms with E-state index in [0.717, 1.165) is 18.0 Å². The Bertz CT molecular complexity index is 841. The van der Waals surface area contributed by atoms with Crippen LogP contribution >= 0.6 is 0 Å². The molecule has 3 rings (SSSR count). The van der Waals surface area contributed by atoms with E-state index in [0.29, 0.717) is 10.9 Å². The van der Waals surface area contributed by atoms with Gasteiger partial charge in [0.1, 0.15) is 36.8 Å². The summed E-state index contributed by atoms with van der Waals surface area (Å²) in [6, 6.07) is 4.11. The van der Waals surface area contributed by atoms with E-state index in [1.807, 2.05) is 13.8 Å². The molecule has 1 unspecified atom stereocenters. The second-order valence-corrected chi connectivity index (χ2v) is 6.93. The Morgan fingerprint density at radius 2 is 2.04 bits per heavy atom. The molecular weight excluding hydrogens is 353 g/mol. The number of amides is 1. The predicted molar refractivity (Wildman–Crippen MR) is 98.4 cm³/mol. The Kier molecular flexibility index (Phi) is 5.76. The van der Waals surface area contributed by atoms with Gasteiger partial charge >= 0.3 is 5.97 Å². The van der Waals surface area contributed by atoms with Gasteiger partial charge in [0.25, 0.3) is 5.91 Å². The van der Waals surface area contributed by atoms with Gasteiger partial charge in [-0.1, -0.05) is 0 Å². The molecule has 2 heterocycles. The molecule has 1 aromatic heterocycles. The zero-order valence-electron chi connectivity index (χ0n) is 15.7. The third-order valence-corrected chi connectivity index (χ3v) is 4.53. The number of halogens is 1. The highest BCUT2D eigenvalue weighted by Crippen LogP contribution is 2.29. The van der Waals surface area contributed by atoms with Crippen LogP contribution in [0.2, 0.25) is 0 Å². The van der Waals surface area contributed by atoms with E-state index in [1.54, 1.807) is 6.92 Å². The van der Waals surface area contributed by atoms with Crippen molar-refractivity contribution in [3.8, 4) is 0 Å². The Hall–Kier alpha value is -2.45. The first-order chi connectivity index (χ1) is 12.9. The van der Waals surface area contributed by atoms with E-state index in [-0.39, 0.29) is 42.6 Å². The number of morpholine rings is 1. The van der Waals surface area contributed by atoms with Crippen LogP contribution in [0.4, 0.5) is 10.1 Å². The van der Waals surface area contributed by atoms with Crippen LogP contribution in [-0.4, -0.2) is 55.3 Å². The van der Waals surface area contributed by atoms with Gasteiger partial charge in [-0.05, 0) is 39.0 Å². The van der Waals surface area contributed by atoms with Crippen molar-refractivity contribution < 1.29 is 28.4 Å². The molecule has 1 amide bonds. The number of aromatic amines is 1. The van der Waals surface area contributed by atoms with Crippen molar-refractivity contribution in [3.05, 3.63) is 29.7 Å². The molecule has 1 aromatic carbocycles. The minimum Gasteiger partial charge on any atom is -0.461 e. The highest BCUT2D eigenvalue weighted by Gasteiger charge is 2.28. The Morgan fingerprint density at radius 1 is 1.33 bits per heavy atom. The summed E-state index contributed by atoms with van der Waals surface area (Å²) in [6.45, 7) is 7.55. The lowest BCUT2D eigenvalue weighted by molar-refractivity contribution is -0.907. The van der Waals surface area contributed by atoms with E-state index in [1.165, 1.54) is 18.2 Å². The van der Waals surface area contributed by atoms with Crippen LogP contribution in [0.1, 0.15) is 31.3 Å². The topological polar surface area (TPSA) is 84.9 Å². The fourth-order valence-electron chi connectivity index (χ4n) is 3.59. The van der Waals surface area contributed by atoms with Gasteiger partial charge in [0, 0.05) is 10.9 Å². The van der Waals surface area contributed by atoms with Crippen LogP contribution < -0.4 is 10.2 Å². The quantitative estimate of drug-likeness (QED) is 0.681. The van der Waals surface area contributed by atoms with Crippen LogP contribution in [0, 0.1) is 5.82 Å². The smallest absolute Gasteiger partial charge is 0.356 e. The van der Waals surface area contributed by atoms with E-state index < -0.39 is 11.8 Å². The average Bonchev–Trinajstić information content (AvgIpc) is 2.92. The van der Waals surface area contributed by atoms with Crippen molar-refractivity contribution in [3.63, 3.8) is 0 Å². The standard InChI is InChI=1S/C19H24FN3O4/c1-4-26-19(25)18-17(14-7-13(20)5-6-15(14)21-18)22-16(24)10-23-8-11(2)27-12(3)9-23/h5-7,11-12,21H,4,8-10H2,1-3H3,(H,22,24)/p+1/t11-,12+. The second-order valence-electron chi connectivity index (χ2n) is 6.93. The van der Waals surface area contributed by atoms with Gasteiger partial charge in [-0.25, -0.2) is 9.18 Å².